The van der Waals surface area contributed by atoms with Crippen molar-refractivity contribution in [2.75, 3.05) is 0 Å². The highest BCUT2D eigenvalue weighted by molar-refractivity contribution is 7.11. The van der Waals surface area contributed by atoms with E-state index in [-0.39, 0.29) is 12.1 Å². The Morgan fingerprint density at radius 1 is 1.38 bits per heavy atom. The number of hydrogen-bond donors (Lipinski definition) is 2. The fraction of sp³-hybridized carbons (Fsp3) is 0.471. The van der Waals surface area contributed by atoms with Crippen LogP contribution in [-0.2, 0) is 12.1 Å². The summed E-state index contributed by atoms with van der Waals surface area (Å²) < 4.78 is 5.66. The summed E-state index contributed by atoms with van der Waals surface area (Å²) in [6.07, 6.45) is 3.52. The summed E-state index contributed by atoms with van der Waals surface area (Å²) >= 11 is 1.58. The SMILES string of the molecule is Cc1cnc(C(C)(C)NC(=O)NCc2cccnc2OC(C)C)s1. The lowest BCUT2D eigenvalue weighted by Gasteiger charge is -2.24. The summed E-state index contributed by atoms with van der Waals surface area (Å²) in [5.74, 6) is 0.544. The highest BCUT2D eigenvalue weighted by Crippen LogP contribution is 2.24. The van der Waals surface area contributed by atoms with Crippen LogP contribution in [0.15, 0.2) is 24.5 Å². The normalized spacial score (nSPS) is 11.4. The van der Waals surface area contributed by atoms with Gasteiger partial charge in [-0.15, -0.1) is 11.3 Å². The van der Waals surface area contributed by atoms with Crippen molar-refractivity contribution in [1.82, 2.24) is 20.6 Å². The van der Waals surface area contributed by atoms with Crippen molar-refractivity contribution in [3.05, 3.63) is 40.0 Å². The van der Waals surface area contributed by atoms with Crippen LogP contribution >= 0.6 is 11.3 Å². The molecule has 2 rings (SSSR count). The molecule has 2 aromatic heterocycles. The van der Waals surface area contributed by atoms with E-state index in [0.29, 0.717) is 12.4 Å². The molecule has 24 heavy (non-hydrogen) atoms. The number of urea groups is 1. The lowest BCUT2D eigenvalue weighted by molar-refractivity contribution is 0.225. The van der Waals surface area contributed by atoms with E-state index in [1.807, 2.05) is 52.9 Å². The van der Waals surface area contributed by atoms with Gasteiger partial charge in [0.15, 0.2) is 0 Å². The van der Waals surface area contributed by atoms with E-state index in [1.54, 1.807) is 17.5 Å². The van der Waals surface area contributed by atoms with Gasteiger partial charge in [0.2, 0.25) is 5.88 Å². The van der Waals surface area contributed by atoms with Gasteiger partial charge in [-0.25, -0.2) is 14.8 Å². The number of hydrogen-bond acceptors (Lipinski definition) is 5. The van der Waals surface area contributed by atoms with Gasteiger partial charge < -0.3 is 15.4 Å². The Bertz CT molecular complexity index is 697. The molecule has 2 amide bonds. The number of pyridine rings is 1. The molecule has 0 aromatic carbocycles. The molecule has 0 aliphatic carbocycles. The number of nitrogens with one attached hydrogen (secondary N) is 2. The van der Waals surface area contributed by atoms with Crippen molar-refractivity contribution in [1.29, 1.82) is 0 Å². The summed E-state index contributed by atoms with van der Waals surface area (Å²) in [5, 5.41) is 6.68. The quantitative estimate of drug-likeness (QED) is 0.839. The van der Waals surface area contributed by atoms with Crippen LogP contribution in [0, 0.1) is 6.92 Å². The number of carbonyl (C=O) groups excluding carboxylic acids is 1. The van der Waals surface area contributed by atoms with E-state index >= 15 is 0 Å². The van der Waals surface area contributed by atoms with Gasteiger partial charge in [0.25, 0.3) is 0 Å². The Kier molecular flexibility index (Phi) is 5.77. The molecule has 2 N–H and O–H groups in total. The van der Waals surface area contributed by atoms with Gasteiger partial charge in [0, 0.05) is 29.4 Å². The molecule has 7 heteroatoms. The average molecular weight is 348 g/mol. The van der Waals surface area contributed by atoms with Crippen molar-refractivity contribution < 1.29 is 9.53 Å². The van der Waals surface area contributed by atoms with Gasteiger partial charge in [0.1, 0.15) is 5.01 Å². The Balaban J connectivity index is 1.96. The van der Waals surface area contributed by atoms with Crippen LogP contribution in [0.2, 0.25) is 0 Å². The van der Waals surface area contributed by atoms with Crippen LogP contribution in [0.5, 0.6) is 5.88 Å². The van der Waals surface area contributed by atoms with Crippen molar-refractivity contribution in [2.45, 2.75) is 52.8 Å². The molecule has 0 atom stereocenters. The molecule has 0 saturated heterocycles. The molecule has 0 radical (unpaired) electrons. The number of thiazole rings is 1. The Hall–Kier alpha value is -2.15. The highest BCUT2D eigenvalue weighted by Gasteiger charge is 2.26. The minimum absolute atomic E-state index is 0.0274. The van der Waals surface area contributed by atoms with E-state index < -0.39 is 5.54 Å². The number of aromatic nitrogens is 2. The molecule has 0 bridgehead atoms. The van der Waals surface area contributed by atoms with Gasteiger partial charge in [-0.05, 0) is 40.7 Å². The van der Waals surface area contributed by atoms with Crippen LogP contribution in [0.1, 0.15) is 43.1 Å². The largest absolute Gasteiger partial charge is 0.475 e. The second-order valence-corrected chi connectivity index (χ2v) is 7.58. The molecule has 0 aliphatic rings. The molecule has 130 valence electrons. The van der Waals surface area contributed by atoms with E-state index in [0.717, 1.165) is 15.4 Å². The molecular formula is C17H24N4O2S. The van der Waals surface area contributed by atoms with E-state index in [9.17, 15) is 4.79 Å². The van der Waals surface area contributed by atoms with E-state index in [2.05, 4.69) is 20.6 Å². The molecular weight excluding hydrogens is 324 g/mol. The van der Waals surface area contributed by atoms with Gasteiger partial charge >= 0.3 is 6.03 Å². The second kappa shape index (κ2) is 7.61. The maximum atomic E-state index is 12.2. The van der Waals surface area contributed by atoms with Crippen molar-refractivity contribution in [3.8, 4) is 5.88 Å². The summed E-state index contributed by atoms with van der Waals surface area (Å²) in [6, 6.07) is 3.46. The maximum absolute atomic E-state index is 12.2. The minimum Gasteiger partial charge on any atom is -0.475 e. The molecule has 0 fully saturated rings. The third-order valence-electron chi connectivity index (χ3n) is 3.22. The first-order valence-electron chi connectivity index (χ1n) is 7.87. The van der Waals surface area contributed by atoms with Crippen LogP contribution < -0.4 is 15.4 Å². The van der Waals surface area contributed by atoms with E-state index in [1.165, 1.54) is 0 Å². The number of aryl methyl sites for hydroxylation is 1. The zero-order valence-corrected chi connectivity index (χ0v) is 15.5. The first kappa shape index (κ1) is 18.2. The lowest BCUT2D eigenvalue weighted by atomic mass is 10.1. The third kappa shape index (κ3) is 4.92. The van der Waals surface area contributed by atoms with Crippen LogP contribution in [-0.4, -0.2) is 22.1 Å². The number of carbonyl (C=O) groups is 1. The predicted octanol–water partition coefficient (Wildman–Crippen LogP) is 3.37. The number of ether oxygens (including phenoxy) is 1. The van der Waals surface area contributed by atoms with Crippen LogP contribution in [0.3, 0.4) is 0 Å². The monoisotopic (exact) mass is 348 g/mol. The summed E-state index contributed by atoms with van der Waals surface area (Å²) in [5.41, 5.74) is 0.305. The molecule has 2 heterocycles. The predicted molar refractivity (Wildman–Crippen MR) is 95.2 cm³/mol. The molecule has 2 aromatic rings. The van der Waals surface area contributed by atoms with Gasteiger partial charge in [-0.2, -0.15) is 0 Å². The smallest absolute Gasteiger partial charge is 0.315 e. The molecule has 6 nitrogen and oxygen atoms in total. The van der Waals surface area contributed by atoms with E-state index in [4.69, 9.17) is 4.74 Å². The minimum atomic E-state index is -0.533. The van der Waals surface area contributed by atoms with Crippen LogP contribution in [0.4, 0.5) is 4.79 Å². The molecule has 0 aliphatic heterocycles. The van der Waals surface area contributed by atoms with Crippen LogP contribution in [0.25, 0.3) is 0 Å². The zero-order valence-electron chi connectivity index (χ0n) is 14.7. The maximum Gasteiger partial charge on any atom is 0.315 e. The Morgan fingerprint density at radius 2 is 2.12 bits per heavy atom. The fourth-order valence-electron chi connectivity index (χ4n) is 2.09. The fourth-order valence-corrected chi connectivity index (χ4v) is 2.91. The Labute approximate surface area is 146 Å². The summed E-state index contributed by atoms with van der Waals surface area (Å²) in [6.45, 7) is 10.1. The van der Waals surface area contributed by atoms with Crippen molar-refractivity contribution in [3.63, 3.8) is 0 Å². The van der Waals surface area contributed by atoms with Gasteiger partial charge in [-0.1, -0.05) is 6.07 Å². The highest BCUT2D eigenvalue weighted by atomic mass is 32.1. The zero-order chi connectivity index (χ0) is 17.7. The molecule has 0 spiro atoms. The summed E-state index contributed by atoms with van der Waals surface area (Å²) in [4.78, 5) is 21.9. The first-order valence-corrected chi connectivity index (χ1v) is 8.69. The van der Waals surface area contributed by atoms with Gasteiger partial charge in [-0.3, -0.25) is 0 Å². The standard InChI is InChI=1S/C17H24N4O2S/c1-11(2)23-14-13(7-6-8-18-14)10-20-16(22)21-17(4,5)15-19-9-12(3)24-15/h6-9,11H,10H2,1-5H3,(H2,20,21,22). The number of nitrogens with zero attached hydrogens (tertiary/aromatic N) is 2. The molecule has 0 unspecified atom stereocenters. The second-order valence-electron chi connectivity index (χ2n) is 6.34. The lowest BCUT2D eigenvalue weighted by Crippen LogP contribution is -2.46. The third-order valence-corrected chi connectivity index (χ3v) is 4.46. The number of amides is 2. The molecule has 0 saturated carbocycles. The Morgan fingerprint density at radius 3 is 2.75 bits per heavy atom. The van der Waals surface area contributed by atoms with Crippen molar-refractivity contribution in [2.24, 2.45) is 0 Å². The summed E-state index contributed by atoms with van der Waals surface area (Å²) in [7, 11) is 0. The number of rotatable bonds is 6. The van der Waals surface area contributed by atoms with Crippen molar-refractivity contribution >= 4 is 17.4 Å². The topological polar surface area (TPSA) is 76.1 Å². The average Bonchev–Trinajstić information content (AvgIpc) is 2.93. The first-order chi connectivity index (χ1) is 11.3. The van der Waals surface area contributed by atoms with Gasteiger partial charge in [0.05, 0.1) is 11.6 Å².